The summed E-state index contributed by atoms with van der Waals surface area (Å²) in [6.45, 7) is 2.03. The van der Waals surface area contributed by atoms with Crippen molar-refractivity contribution in [1.82, 2.24) is 5.32 Å². The lowest BCUT2D eigenvalue weighted by atomic mass is 9.97. The average molecular weight is 351 g/mol. The van der Waals surface area contributed by atoms with E-state index in [0.717, 1.165) is 11.1 Å². The summed E-state index contributed by atoms with van der Waals surface area (Å²) < 4.78 is 18.4. The zero-order valence-electron chi connectivity index (χ0n) is 13.6. The van der Waals surface area contributed by atoms with Crippen molar-refractivity contribution in [2.75, 3.05) is 13.7 Å². The number of amides is 1. The molecule has 2 atom stereocenters. The number of carbonyl (C=O) groups excluding carboxylic acids is 1. The van der Waals surface area contributed by atoms with Gasteiger partial charge in [0.2, 0.25) is 0 Å². The van der Waals surface area contributed by atoms with Gasteiger partial charge in [-0.3, -0.25) is 4.79 Å². The summed E-state index contributed by atoms with van der Waals surface area (Å²) in [4.78, 5) is 12.4. The molecule has 0 aromatic heterocycles. The van der Waals surface area contributed by atoms with Crippen molar-refractivity contribution in [2.24, 2.45) is 5.73 Å². The molecule has 0 aliphatic rings. The van der Waals surface area contributed by atoms with E-state index >= 15 is 0 Å². The van der Waals surface area contributed by atoms with Gasteiger partial charge in [0.15, 0.2) is 0 Å². The Morgan fingerprint density at radius 2 is 1.96 bits per heavy atom. The van der Waals surface area contributed by atoms with E-state index in [9.17, 15) is 9.18 Å². The molecule has 0 radical (unpaired) electrons. The van der Waals surface area contributed by atoms with Crippen molar-refractivity contribution in [2.45, 2.75) is 19.1 Å². The van der Waals surface area contributed by atoms with Crippen LogP contribution in [0.5, 0.6) is 0 Å². The lowest BCUT2D eigenvalue weighted by Gasteiger charge is -2.23. The number of nitrogens with one attached hydrogen (secondary N) is 1. The van der Waals surface area contributed by atoms with Crippen LogP contribution in [-0.4, -0.2) is 25.7 Å². The normalized spacial score (nSPS) is 13.4. The van der Waals surface area contributed by atoms with Crippen LogP contribution in [0.4, 0.5) is 4.39 Å². The van der Waals surface area contributed by atoms with Gasteiger partial charge in [-0.25, -0.2) is 4.39 Å². The quantitative estimate of drug-likeness (QED) is 0.841. The van der Waals surface area contributed by atoms with Crippen molar-refractivity contribution in [1.29, 1.82) is 0 Å². The van der Waals surface area contributed by atoms with E-state index in [0.29, 0.717) is 5.56 Å². The fourth-order valence-corrected chi connectivity index (χ4v) is 2.66. The fraction of sp³-hybridized carbons (Fsp3) is 0.278. The molecule has 1 amide bonds. The van der Waals surface area contributed by atoms with Crippen LogP contribution in [0.1, 0.15) is 22.7 Å². The van der Waals surface area contributed by atoms with Crippen LogP contribution in [0.25, 0.3) is 0 Å². The summed E-state index contributed by atoms with van der Waals surface area (Å²) in [5, 5.41) is 3.12. The molecule has 0 saturated carbocycles. The van der Waals surface area contributed by atoms with Gasteiger partial charge in [-0.05, 0) is 30.2 Å². The molecule has 0 bridgehead atoms. The van der Waals surface area contributed by atoms with Crippen molar-refractivity contribution in [3.05, 3.63) is 70.0 Å². The minimum absolute atomic E-state index is 0.0557. The molecule has 2 rings (SSSR count). The minimum Gasteiger partial charge on any atom is -0.370 e. The second-order valence-corrected chi connectivity index (χ2v) is 5.89. The number of hydrogen-bond donors (Lipinski definition) is 2. The zero-order valence-corrected chi connectivity index (χ0v) is 14.3. The third-order valence-corrected chi connectivity index (χ3v) is 4.09. The van der Waals surface area contributed by atoms with E-state index < -0.39 is 18.0 Å². The summed E-state index contributed by atoms with van der Waals surface area (Å²) in [6.07, 6.45) is -0.767. The second-order valence-electron chi connectivity index (χ2n) is 5.48. The Labute approximate surface area is 145 Å². The number of carbonyl (C=O) groups is 1. The summed E-state index contributed by atoms with van der Waals surface area (Å²) in [7, 11) is 1.42. The Balaban J connectivity index is 2.41. The molecule has 0 saturated heterocycles. The standard InChI is InChI=1S/C18H20ClFN2O2/c1-11-3-5-12(6-4-11)17(22-18(23)16(10-21)24-2)14-8-7-13(20)9-15(14)19/h3-9,16-17H,10,21H2,1-2H3,(H,22,23)/t16-,17?/m0/s1. The predicted molar refractivity (Wildman–Crippen MR) is 92.4 cm³/mol. The monoisotopic (exact) mass is 350 g/mol. The molecule has 0 heterocycles. The van der Waals surface area contributed by atoms with Gasteiger partial charge in [-0.1, -0.05) is 47.5 Å². The van der Waals surface area contributed by atoms with Crippen LogP contribution in [-0.2, 0) is 9.53 Å². The van der Waals surface area contributed by atoms with E-state index in [-0.39, 0.29) is 17.5 Å². The van der Waals surface area contributed by atoms with Crippen molar-refractivity contribution in [3.63, 3.8) is 0 Å². The summed E-state index contributed by atoms with van der Waals surface area (Å²) in [5.41, 5.74) is 8.06. The maximum absolute atomic E-state index is 13.4. The topological polar surface area (TPSA) is 64.3 Å². The molecule has 2 aromatic rings. The number of aryl methyl sites for hydroxylation is 1. The molecule has 0 spiro atoms. The van der Waals surface area contributed by atoms with E-state index in [1.165, 1.54) is 19.2 Å². The predicted octanol–water partition coefficient (Wildman–Crippen LogP) is 2.97. The van der Waals surface area contributed by atoms with Gasteiger partial charge in [-0.15, -0.1) is 0 Å². The highest BCUT2D eigenvalue weighted by atomic mass is 35.5. The van der Waals surface area contributed by atoms with Gasteiger partial charge >= 0.3 is 0 Å². The Bertz CT molecular complexity index is 703. The first kappa shape index (κ1) is 18.4. The molecule has 0 fully saturated rings. The number of benzene rings is 2. The smallest absolute Gasteiger partial charge is 0.251 e. The van der Waals surface area contributed by atoms with E-state index in [1.807, 2.05) is 31.2 Å². The first-order valence-corrected chi connectivity index (χ1v) is 7.88. The highest BCUT2D eigenvalue weighted by molar-refractivity contribution is 6.31. The maximum atomic E-state index is 13.4. The Hall–Kier alpha value is -1.95. The highest BCUT2D eigenvalue weighted by Crippen LogP contribution is 2.29. The number of ether oxygens (including phenoxy) is 1. The van der Waals surface area contributed by atoms with Crippen LogP contribution in [0.2, 0.25) is 5.02 Å². The Morgan fingerprint density at radius 3 is 2.50 bits per heavy atom. The van der Waals surface area contributed by atoms with Gasteiger partial charge in [0.1, 0.15) is 11.9 Å². The van der Waals surface area contributed by atoms with Crippen LogP contribution < -0.4 is 11.1 Å². The van der Waals surface area contributed by atoms with Crippen LogP contribution in [0.15, 0.2) is 42.5 Å². The van der Waals surface area contributed by atoms with Crippen LogP contribution >= 0.6 is 11.6 Å². The van der Waals surface area contributed by atoms with Gasteiger partial charge < -0.3 is 15.8 Å². The highest BCUT2D eigenvalue weighted by Gasteiger charge is 2.24. The van der Waals surface area contributed by atoms with Gasteiger partial charge in [0.25, 0.3) is 5.91 Å². The number of methoxy groups -OCH3 is 1. The Morgan fingerprint density at radius 1 is 1.29 bits per heavy atom. The zero-order chi connectivity index (χ0) is 17.7. The first-order chi connectivity index (χ1) is 11.5. The van der Waals surface area contributed by atoms with Gasteiger partial charge in [0, 0.05) is 18.7 Å². The van der Waals surface area contributed by atoms with E-state index in [4.69, 9.17) is 22.1 Å². The molecule has 2 aromatic carbocycles. The lowest BCUT2D eigenvalue weighted by Crippen LogP contribution is -2.42. The first-order valence-electron chi connectivity index (χ1n) is 7.51. The molecule has 1 unspecified atom stereocenters. The molecule has 0 aliphatic carbocycles. The van der Waals surface area contributed by atoms with Crippen LogP contribution in [0.3, 0.4) is 0 Å². The number of rotatable bonds is 6. The van der Waals surface area contributed by atoms with E-state index in [2.05, 4.69) is 5.32 Å². The molecule has 4 nitrogen and oxygen atoms in total. The van der Waals surface area contributed by atoms with Crippen molar-refractivity contribution < 1.29 is 13.9 Å². The molecular weight excluding hydrogens is 331 g/mol. The molecular formula is C18H20ClFN2O2. The molecule has 6 heteroatoms. The van der Waals surface area contributed by atoms with Gasteiger partial charge in [0.05, 0.1) is 6.04 Å². The molecule has 24 heavy (non-hydrogen) atoms. The number of nitrogens with two attached hydrogens (primary N) is 1. The Kier molecular flexibility index (Phi) is 6.31. The van der Waals surface area contributed by atoms with Crippen molar-refractivity contribution >= 4 is 17.5 Å². The second kappa shape index (κ2) is 8.24. The van der Waals surface area contributed by atoms with Crippen LogP contribution in [0, 0.1) is 12.7 Å². The maximum Gasteiger partial charge on any atom is 0.251 e. The van der Waals surface area contributed by atoms with E-state index in [1.54, 1.807) is 6.07 Å². The third kappa shape index (κ3) is 4.32. The molecule has 3 N–H and O–H groups in total. The largest absolute Gasteiger partial charge is 0.370 e. The van der Waals surface area contributed by atoms with Crippen molar-refractivity contribution in [3.8, 4) is 0 Å². The number of hydrogen-bond acceptors (Lipinski definition) is 3. The van der Waals surface area contributed by atoms with Gasteiger partial charge in [-0.2, -0.15) is 0 Å². The summed E-state index contributed by atoms with van der Waals surface area (Å²) in [6, 6.07) is 11.2. The minimum atomic E-state index is -0.767. The third-order valence-electron chi connectivity index (χ3n) is 3.76. The average Bonchev–Trinajstić information content (AvgIpc) is 2.55. The SMILES string of the molecule is CO[C@@H](CN)C(=O)NC(c1ccc(C)cc1)c1ccc(F)cc1Cl. The summed E-state index contributed by atoms with van der Waals surface area (Å²) in [5.74, 6) is -0.791. The number of halogens is 2. The fourth-order valence-electron chi connectivity index (χ4n) is 2.38. The lowest BCUT2D eigenvalue weighted by molar-refractivity contribution is -0.131. The molecule has 128 valence electrons. The summed E-state index contributed by atoms with van der Waals surface area (Å²) >= 11 is 6.19. The molecule has 0 aliphatic heterocycles.